The van der Waals surface area contributed by atoms with Crippen molar-refractivity contribution >= 4 is 11.6 Å². The van der Waals surface area contributed by atoms with Crippen LogP contribution in [-0.2, 0) is 6.18 Å². The Morgan fingerprint density at radius 1 is 0.970 bits per heavy atom. The van der Waals surface area contributed by atoms with Crippen LogP contribution in [0.25, 0.3) is 16.8 Å². The molecule has 168 valence electrons. The van der Waals surface area contributed by atoms with Gasteiger partial charge in [-0.05, 0) is 48.1 Å². The number of carbonyl (C=O) groups excluding carboxylic acids is 1. The Morgan fingerprint density at radius 3 is 2.45 bits per heavy atom. The number of alkyl halides is 3. The van der Waals surface area contributed by atoms with E-state index in [0.29, 0.717) is 30.1 Å². The average Bonchev–Trinajstić information content (AvgIpc) is 3.32. The largest absolute Gasteiger partial charge is 0.416 e. The molecule has 33 heavy (non-hydrogen) atoms. The molecule has 1 amide bonds. The van der Waals surface area contributed by atoms with E-state index in [1.807, 2.05) is 18.2 Å². The summed E-state index contributed by atoms with van der Waals surface area (Å²) in [6.07, 6.45) is -1.46. The van der Waals surface area contributed by atoms with Gasteiger partial charge in [-0.3, -0.25) is 4.79 Å². The molecule has 9 heteroatoms. The first-order valence-corrected chi connectivity index (χ1v) is 10.6. The quantitative estimate of drug-likeness (QED) is 0.448. The van der Waals surface area contributed by atoms with Crippen LogP contribution in [-0.4, -0.2) is 43.7 Å². The third kappa shape index (κ3) is 4.18. The van der Waals surface area contributed by atoms with Gasteiger partial charge in [0.15, 0.2) is 5.65 Å². The van der Waals surface area contributed by atoms with E-state index in [4.69, 9.17) is 0 Å². The number of aromatic nitrogens is 4. The van der Waals surface area contributed by atoms with Gasteiger partial charge >= 0.3 is 6.18 Å². The summed E-state index contributed by atoms with van der Waals surface area (Å²) in [6.45, 7) is 1.17. The number of carbonyl (C=O) groups is 1. The molecule has 3 heterocycles. The van der Waals surface area contributed by atoms with E-state index in [1.165, 1.54) is 28.5 Å². The molecule has 0 unspecified atom stereocenters. The molecule has 1 fully saturated rings. The molecule has 4 aromatic rings. The van der Waals surface area contributed by atoms with Gasteiger partial charge in [-0.1, -0.05) is 42.5 Å². The zero-order chi connectivity index (χ0) is 23.0. The van der Waals surface area contributed by atoms with Crippen LogP contribution in [0.5, 0.6) is 0 Å². The highest BCUT2D eigenvalue weighted by atomic mass is 19.4. The molecule has 0 radical (unpaired) electrons. The Morgan fingerprint density at radius 2 is 1.73 bits per heavy atom. The van der Waals surface area contributed by atoms with Crippen LogP contribution >= 0.6 is 0 Å². The fourth-order valence-corrected chi connectivity index (χ4v) is 4.31. The van der Waals surface area contributed by atoms with Gasteiger partial charge in [0.2, 0.25) is 0 Å². The summed E-state index contributed by atoms with van der Waals surface area (Å²) in [4.78, 5) is 15.0. The average molecular weight is 451 g/mol. The van der Waals surface area contributed by atoms with E-state index < -0.39 is 11.7 Å². The van der Waals surface area contributed by atoms with Crippen molar-refractivity contribution in [1.29, 1.82) is 0 Å². The molecular formula is C24H20F3N5O. The highest BCUT2D eigenvalue weighted by molar-refractivity contribution is 5.94. The third-order valence-electron chi connectivity index (χ3n) is 6.04. The summed E-state index contributed by atoms with van der Waals surface area (Å²) < 4.78 is 41.0. The van der Waals surface area contributed by atoms with Crippen molar-refractivity contribution in [3.8, 4) is 11.1 Å². The molecule has 0 spiro atoms. The lowest BCUT2D eigenvalue weighted by Gasteiger charge is -2.32. The second kappa shape index (κ2) is 8.31. The number of likely N-dealkylation sites (tertiary alicyclic amines) is 1. The predicted molar refractivity (Wildman–Crippen MR) is 116 cm³/mol. The summed E-state index contributed by atoms with van der Waals surface area (Å²) in [5, 5.41) is 12.1. The van der Waals surface area contributed by atoms with E-state index in [1.54, 1.807) is 11.0 Å². The number of hydrogen-bond donors (Lipinski definition) is 0. The predicted octanol–water partition coefficient (Wildman–Crippen LogP) is 4.83. The number of halogens is 3. The molecule has 0 N–H and O–H groups in total. The van der Waals surface area contributed by atoms with Gasteiger partial charge in [0.1, 0.15) is 12.0 Å². The van der Waals surface area contributed by atoms with Gasteiger partial charge in [-0.15, -0.1) is 10.2 Å². The minimum atomic E-state index is -4.48. The van der Waals surface area contributed by atoms with Gasteiger partial charge in [0.25, 0.3) is 5.91 Å². The van der Waals surface area contributed by atoms with E-state index >= 15 is 0 Å². The lowest BCUT2D eigenvalue weighted by molar-refractivity contribution is -0.137. The summed E-state index contributed by atoms with van der Waals surface area (Å²) in [6, 6.07) is 16.7. The fourth-order valence-electron chi connectivity index (χ4n) is 4.31. The maximum absolute atomic E-state index is 13.2. The van der Waals surface area contributed by atoms with Gasteiger partial charge in [-0.2, -0.15) is 22.8 Å². The first-order valence-electron chi connectivity index (χ1n) is 10.6. The van der Waals surface area contributed by atoms with Gasteiger partial charge < -0.3 is 4.90 Å². The van der Waals surface area contributed by atoms with E-state index in [9.17, 15) is 18.0 Å². The maximum atomic E-state index is 13.2. The van der Waals surface area contributed by atoms with Crippen LogP contribution in [0.3, 0.4) is 0 Å². The number of hydrogen-bond acceptors (Lipinski definition) is 4. The normalized spacial score (nSPS) is 15.2. The van der Waals surface area contributed by atoms with E-state index in [0.717, 1.165) is 25.0 Å². The Balaban J connectivity index is 1.44. The van der Waals surface area contributed by atoms with Crippen LogP contribution in [0.4, 0.5) is 13.2 Å². The van der Waals surface area contributed by atoms with Crippen LogP contribution in [0.1, 0.15) is 40.4 Å². The summed E-state index contributed by atoms with van der Waals surface area (Å²) in [5.74, 6) is 0.134. The van der Waals surface area contributed by atoms with Crippen molar-refractivity contribution in [3.63, 3.8) is 0 Å². The van der Waals surface area contributed by atoms with Gasteiger partial charge in [-0.25, -0.2) is 0 Å². The van der Waals surface area contributed by atoms with Crippen molar-refractivity contribution in [3.05, 3.63) is 83.8 Å². The second-order valence-electron chi connectivity index (χ2n) is 8.10. The number of fused-ring (bicyclic) bond motifs is 1. The van der Waals surface area contributed by atoms with Gasteiger partial charge in [0, 0.05) is 18.7 Å². The lowest BCUT2D eigenvalue weighted by atomic mass is 9.89. The van der Waals surface area contributed by atoms with Crippen molar-refractivity contribution in [2.24, 2.45) is 0 Å². The Hall–Kier alpha value is -3.75. The number of nitrogens with zero attached hydrogens (tertiary/aromatic N) is 5. The topological polar surface area (TPSA) is 63.4 Å². The van der Waals surface area contributed by atoms with Crippen molar-refractivity contribution in [1.82, 2.24) is 24.7 Å². The SMILES string of the molecule is O=C(c1cc(-c2cccc(C(F)(F)F)c2)c2nncn2n1)N1CCC(c2ccccc2)CC1. The highest BCUT2D eigenvalue weighted by Crippen LogP contribution is 2.34. The zero-order valence-electron chi connectivity index (χ0n) is 17.5. The molecule has 1 aliphatic heterocycles. The summed E-state index contributed by atoms with van der Waals surface area (Å²) in [5.41, 5.74) is 1.59. The first-order chi connectivity index (χ1) is 15.9. The summed E-state index contributed by atoms with van der Waals surface area (Å²) >= 11 is 0. The van der Waals surface area contributed by atoms with E-state index in [2.05, 4.69) is 27.4 Å². The molecule has 6 nitrogen and oxygen atoms in total. The summed E-state index contributed by atoms with van der Waals surface area (Å²) in [7, 11) is 0. The molecule has 0 aliphatic carbocycles. The number of rotatable bonds is 3. The van der Waals surface area contributed by atoms with Crippen LogP contribution < -0.4 is 0 Å². The van der Waals surface area contributed by atoms with Crippen molar-refractivity contribution in [2.75, 3.05) is 13.1 Å². The number of amides is 1. The Kier molecular flexibility index (Phi) is 5.32. The van der Waals surface area contributed by atoms with E-state index in [-0.39, 0.29) is 17.2 Å². The van der Waals surface area contributed by atoms with Gasteiger partial charge in [0.05, 0.1) is 5.56 Å². The fraction of sp³-hybridized carbons (Fsp3) is 0.250. The molecule has 5 rings (SSSR count). The van der Waals surface area contributed by atoms with Crippen molar-refractivity contribution < 1.29 is 18.0 Å². The highest BCUT2D eigenvalue weighted by Gasteiger charge is 2.31. The second-order valence-corrected chi connectivity index (χ2v) is 8.10. The minimum Gasteiger partial charge on any atom is -0.337 e. The standard InChI is InChI=1S/C24H20F3N5O/c25-24(26,27)19-8-4-7-18(13-19)20-14-21(30-32-15-28-29-22(20)32)23(33)31-11-9-17(10-12-31)16-5-2-1-3-6-16/h1-8,13-15,17H,9-12H2. The lowest BCUT2D eigenvalue weighted by Crippen LogP contribution is -2.38. The smallest absolute Gasteiger partial charge is 0.337 e. The molecule has 0 atom stereocenters. The molecule has 1 saturated heterocycles. The molecular weight excluding hydrogens is 431 g/mol. The minimum absolute atomic E-state index is 0.146. The first kappa shape index (κ1) is 21.1. The molecule has 2 aromatic carbocycles. The molecule has 1 aliphatic rings. The van der Waals surface area contributed by atoms with Crippen LogP contribution in [0.2, 0.25) is 0 Å². The van der Waals surface area contributed by atoms with Crippen LogP contribution in [0.15, 0.2) is 67.0 Å². The molecule has 0 saturated carbocycles. The Labute approximate surface area is 187 Å². The third-order valence-corrected chi connectivity index (χ3v) is 6.04. The molecule has 0 bridgehead atoms. The van der Waals surface area contributed by atoms with Crippen LogP contribution in [0, 0.1) is 0 Å². The monoisotopic (exact) mass is 451 g/mol. The number of benzene rings is 2. The zero-order valence-corrected chi connectivity index (χ0v) is 17.5. The maximum Gasteiger partial charge on any atom is 0.416 e. The molecule has 2 aromatic heterocycles. The number of piperidine rings is 1. The van der Waals surface area contributed by atoms with Crippen molar-refractivity contribution in [2.45, 2.75) is 24.9 Å². The Bertz CT molecular complexity index is 1290.